The standard InChI is InChI=1S/C16H15N3O/c17-9-8-14(18)12-6-7-15(19)13(10-12)16(20)11-4-2-1-3-5-11/h1-10,17H,18-19H2. The van der Waals surface area contributed by atoms with Crippen molar-refractivity contribution in [1.29, 1.82) is 5.41 Å². The minimum absolute atomic E-state index is 0.146. The van der Waals surface area contributed by atoms with Crippen LogP contribution >= 0.6 is 0 Å². The van der Waals surface area contributed by atoms with Crippen molar-refractivity contribution in [2.24, 2.45) is 5.73 Å². The summed E-state index contributed by atoms with van der Waals surface area (Å²) in [6.07, 6.45) is 2.56. The van der Waals surface area contributed by atoms with E-state index in [1.165, 1.54) is 6.08 Å². The van der Waals surface area contributed by atoms with Crippen LogP contribution in [-0.2, 0) is 0 Å². The molecule has 0 heterocycles. The molecule has 0 atom stereocenters. The lowest BCUT2D eigenvalue weighted by molar-refractivity contribution is 0.103. The molecule has 20 heavy (non-hydrogen) atoms. The minimum atomic E-state index is -0.146. The predicted molar refractivity (Wildman–Crippen MR) is 81.7 cm³/mol. The average molecular weight is 265 g/mol. The van der Waals surface area contributed by atoms with Crippen LogP contribution in [0.15, 0.2) is 54.6 Å². The van der Waals surface area contributed by atoms with Crippen molar-refractivity contribution in [3.63, 3.8) is 0 Å². The molecule has 5 N–H and O–H groups in total. The van der Waals surface area contributed by atoms with Gasteiger partial charge in [-0.2, -0.15) is 0 Å². The van der Waals surface area contributed by atoms with Crippen molar-refractivity contribution in [3.05, 3.63) is 71.3 Å². The molecule has 4 nitrogen and oxygen atoms in total. The summed E-state index contributed by atoms with van der Waals surface area (Å²) in [6.45, 7) is 0. The molecule has 4 heteroatoms. The molecule has 2 rings (SSSR count). The quantitative estimate of drug-likeness (QED) is 0.450. The maximum Gasteiger partial charge on any atom is 0.195 e. The van der Waals surface area contributed by atoms with Crippen molar-refractivity contribution in [2.75, 3.05) is 5.73 Å². The largest absolute Gasteiger partial charge is 0.398 e. The zero-order valence-corrected chi connectivity index (χ0v) is 10.8. The first-order valence-corrected chi connectivity index (χ1v) is 6.09. The van der Waals surface area contributed by atoms with Crippen molar-refractivity contribution in [3.8, 4) is 0 Å². The van der Waals surface area contributed by atoms with Crippen LogP contribution in [-0.4, -0.2) is 12.0 Å². The van der Waals surface area contributed by atoms with Gasteiger partial charge in [0.05, 0.1) is 0 Å². The van der Waals surface area contributed by atoms with Crippen LogP contribution in [0, 0.1) is 5.41 Å². The van der Waals surface area contributed by atoms with Crippen molar-refractivity contribution >= 4 is 23.4 Å². The number of carbonyl (C=O) groups is 1. The molecule has 0 aromatic heterocycles. The Labute approximate surface area is 117 Å². The normalized spacial score (nSPS) is 11.1. The summed E-state index contributed by atoms with van der Waals surface area (Å²) in [6, 6.07) is 14.0. The van der Waals surface area contributed by atoms with Crippen molar-refractivity contribution < 1.29 is 4.79 Å². The van der Waals surface area contributed by atoms with Gasteiger partial charge in [0, 0.05) is 28.7 Å². The number of carbonyl (C=O) groups excluding carboxylic acids is 1. The summed E-state index contributed by atoms with van der Waals surface area (Å²) in [4.78, 5) is 12.4. The van der Waals surface area contributed by atoms with E-state index < -0.39 is 0 Å². The second-order valence-corrected chi connectivity index (χ2v) is 4.29. The molecule has 100 valence electrons. The maximum absolute atomic E-state index is 12.4. The van der Waals surface area contributed by atoms with Crippen molar-refractivity contribution in [2.45, 2.75) is 0 Å². The number of ketones is 1. The average Bonchev–Trinajstić information content (AvgIpc) is 2.48. The van der Waals surface area contributed by atoms with Crippen LogP contribution < -0.4 is 11.5 Å². The highest BCUT2D eigenvalue weighted by Crippen LogP contribution is 2.21. The molecular weight excluding hydrogens is 250 g/mol. The molecule has 0 aliphatic rings. The Kier molecular flexibility index (Phi) is 3.96. The smallest absolute Gasteiger partial charge is 0.195 e. The summed E-state index contributed by atoms with van der Waals surface area (Å²) in [5.41, 5.74) is 14.2. The fourth-order valence-electron chi connectivity index (χ4n) is 1.86. The Morgan fingerprint density at radius 1 is 1.05 bits per heavy atom. The highest BCUT2D eigenvalue weighted by molar-refractivity contribution is 6.12. The summed E-state index contributed by atoms with van der Waals surface area (Å²) in [5, 5.41) is 7.02. The third-order valence-electron chi connectivity index (χ3n) is 2.93. The predicted octanol–water partition coefficient (Wildman–Crippen LogP) is 2.45. The monoisotopic (exact) mass is 265 g/mol. The summed E-state index contributed by atoms with van der Waals surface area (Å²) in [7, 11) is 0. The van der Waals surface area contributed by atoms with Gasteiger partial charge >= 0.3 is 0 Å². The van der Waals surface area contributed by atoms with E-state index in [0.717, 1.165) is 6.21 Å². The van der Waals surface area contributed by atoms with Crippen LogP contribution in [0.5, 0.6) is 0 Å². The van der Waals surface area contributed by atoms with Gasteiger partial charge in [0.15, 0.2) is 5.78 Å². The molecule has 0 bridgehead atoms. The van der Waals surface area contributed by atoms with Crippen LogP contribution in [0.1, 0.15) is 21.5 Å². The van der Waals surface area contributed by atoms with Crippen molar-refractivity contribution in [1.82, 2.24) is 0 Å². The van der Waals surface area contributed by atoms with Gasteiger partial charge < -0.3 is 16.9 Å². The third kappa shape index (κ3) is 2.75. The molecule has 0 unspecified atom stereocenters. The Morgan fingerprint density at radius 2 is 1.75 bits per heavy atom. The Bertz CT molecular complexity index is 675. The van der Waals surface area contributed by atoms with Gasteiger partial charge in [-0.05, 0) is 23.8 Å². The van der Waals surface area contributed by atoms with Gasteiger partial charge in [-0.15, -0.1) is 0 Å². The molecule has 0 saturated carbocycles. The lowest BCUT2D eigenvalue weighted by Crippen LogP contribution is -2.07. The van der Waals surface area contributed by atoms with Gasteiger partial charge in [-0.3, -0.25) is 4.79 Å². The molecule has 0 aliphatic heterocycles. The molecule has 0 saturated heterocycles. The van der Waals surface area contributed by atoms with Gasteiger partial charge in [-0.25, -0.2) is 0 Å². The summed E-state index contributed by atoms with van der Waals surface area (Å²) >= 11 is 0. The number of anilines is 1. The number of hydrogen-bond donors (Lipinski definition) is 3. The van der Waals surface area contributed by atoms with Crippen LogP contribution in [0.2, 0.25) is 0 Å². The minimum Gasteiger partial charge on any atom is -0.398 e. The zero-order valence-electron chi connectivity index (χ0n) is 10.8. The Balaban J connectivity index is 2.46. The first kappa shape index (κ1) is 13.5. The number of rotatable bonds is 4. The van der Waals surface area contributed by atoms with Gasteiger partial charge in [-0.1, -0.05) is 36.4 Å². The van der Waals surface area contributed by atoms with E-state index >= 15 is 0 Å². The number of benzene rings is 2. The summed E-state index contributed by atoms with van der Waals surface area (Å²) < 4.78 is 0. The van der Waals surface area contributed by atoms with Gasteiger partial charge in [0.25, 0.3) is 0 Å². The molecule has 0 fully saturated rings. The molecule has 0 amide bonds. The van der Waals surface area contributed by atoms with Crippen LogP contribution in [0.3, 0.4) is 0 Å². The number of hydrogen-bond acceptors (Lipinski definition) is 4. The van der Waals surface area contributed by atoms with E-state index in [9.17, 15) is 4.79 Å². The van der Waals surface area contributed by atoms with E-state index in [-0.39, 0.29) is 5.78 Å². The number of nitrogens with two attached hydrogens (primary N) is 2. The Hall–Kier alpha value is -2.88. The fraction of sp³-hybridized carbons (Fsp3) is 0. The summed E-state index contributed by atoms with van der Waals surface area (Å²) in [5.74, 6) is -0.146. The SMILES string of the molecule is N=CC=C(N)c1ccc(N)c(C(=O)c2ccccc2)c1. The number of nitrogen functional groups attached to an aromatic ring is 1. The zero-order chi connectivity index (χ0) is 14.5. The lowest BCUT2D eigenvalue weighted by atomic mass is 9.98. The fourth-order valence-corrected chi connectivity index (χ4v) is 1.86. The first-order valence-electron chi connectivity index (χ1n) is 6.09. The van der Waals surface area contributed by atoms with Gasteiger partial charge in [0.2, 0.25) is 0 Å². The topological polar surface area (TPSA) is 93.0 Å². The number of nitrogens with one attached hydrogen (secondary N) is 1. The lowest BCUT2D eigenvalue weighted by Gasteiger charge is -2.08. The highest BCUT2D eigenvalue weighted by atomic mass is 16.1. The highest BCUT2D eigenvalue weighted by Gasteiger charge is 2.13. The van der Waals surface area contributed by atoms with E-state index in [0.29, 0.717) is 28.1 Å². The second-order valence-electron chi connectivity index (χ2n) is 4.29. The van der Waals surface area contributed by atoms with Gasteiger partial charge in [0.1, 0.15) is 0 Å². The number of allylic oxidation sites excluding steroid dienone is 1. The molecule has 0 spiro atoms. The van der Waals surface area contributed by atoms with E-state index in [2.05, 4.69) is 0 Å². The maximum atomic E-state index is 12.4. The van der Waals surface area contributed by atoms with E-state index in [1.807, 2.05) is 6.07 Å². The first-order chi connectivity index (χ1) is 9.63. The third-order valence-corrected chi connectivity index (χ3v) is 2.93. The molecular formula is C16H15N3O. The molecule has 2 aromatic carbocycles. The molecule has 2 aromatic rings. The molecule has 0 radical (unpaired) electrons. The second kappa shape index (κ2) is 5.84. The Morgan fingerprint density at radius 3 is 2.40 bits per heavy atom. The van der Waals surface area contributed by atoms with Crippen LogP contribution in [0.4, 0.5) is 5.69 Å². The van der Waals surface area contributed by atoms with E-state index in [1.54, 1.807) is 42.5 Å². The van der Waals surface area contributed by atoms with E-state index in [4.69, 9.17) is 16.9 Å². The molecule has 0 aliphatic carbocycles. The van der Waals surface area contributed by atoms with Crippen LogP contribution in [0.25, 0.3) is 5.70 Å².